The van der Waals surface area contributed by atoms with Gasteiger partial charge in [0.05, 0.1) is 19.3 Å². The number of nitrogens with one attached hydrogen (secondary N) is 1. The normalized spacial score (nSPS) is 10.9. The molecule has 0 fully saturated rings. The average molecular weight is 342 g/mol. The summed E-state index contributed by atoms with van der Waals surface area (Å²) in [4.78, 5) is 0. The molecule has 0 amide bonds. The molecule has 0 saturated carbocycles. The maximum atomic E-state index is 13.0. The van der Waals surface area contributed by atoms with Gasteiger partial charge >= 0.3 is 0 Å². The fourth-order valence-electron chi connectivity index (χ4n) is 1.82. The number of nitrogens with zero attached hydrogens (tertiary/aromatic N) is 2. The Morgan fingerprint density at radius 2 is 2.30 bits per heavy atom. The minimum absolute atomic E-state index is 0.246. The van der Waals surface area contributed by atoms with Crippen LogP contribution in [-0.4, -0.2) is 30.0 Å². The van der Waals surface area contributed by atoms with Crippen molar-refractivity contribution in [2.45, 2.75) is 13.1 Å². The van der Waals surface area contributed by atoms with E-state index in [1.165, 1.54) is 12.1 Å². The van der Waals surface area contributed by atoms with Crippen LogP contribution in [0, 0.1) is 5.82 Å². The van der Waals surface area contributed by atoms with Crippen LogP contribution in [0.2, 0.25) is 0 Å². The van der Waals surface area contributed by atoms with Crippen molar-refractivity contribution < 1.29 is 9.13 Å². The topological polar surface area (TPSA) is 39.1 Å². The van der Waals surface area contributed by atoms with Crippen molar-refractivity contribution in [2.75, 3.05) is 20.3 Å². The highest BCUT2D eigenvalue weighted by Gasteiger charge is 2.04. The molecule has 6 heteroatoms. The van der Waals surface area contributed by atoms with Crippen LogP contribution in [0.1, 0.15) is 11.1 Å². The van der Waals surface area contributed by atoms with Gasteiger partial charge in [0.25, 0.3) is 0 Å². The lowest BCUT2D eigenvalue weighted by molar-refractivity contribution is 0.199. The van der Waals surface area contributed by atoms with Gasteiger partial charge in [-0.2, -0.15) is 5.10 Å². The molecule has 1 heterocycles. The first-order chi connectivity index (χ1) is 9.69. The number of ether oxygens (including phenoxy) is 1. The third-order valence-corrected chi connectivity index (χ3v) is 3.58. The molecule has 0 spiro atoms. The average Bonchev–Trinajstić information content (AvgIpc) is 2.86. The van der Waals surface area contributed by atoms with E-state index in [9.17, 15) is 4.39 Å². The zero-order chi connectivity index (χ0) is 14.4. The summed E-state index contributed by atoms with van der Waals surface area (Å²) in [7, 11) is 1.68. The second kappa shape index (κ2) is 7.52. The van der Waals surface area contributed by atoms with Gasteiger partial charge in [0.2, 0.25) is 0 Å². The molecule has 0 bridgehead atoms. The fourth-order valence-corrected chi connectivity index (χ4v) is 2.29. The van der Waals surface area contributed by atoms with Crippen molar-refractivity contribution >= 4 is 15.9 Å². The molecular formula is C14H17BrFN3O. The zero-order valence-electron chi connectivity index (χ0n) is 11.3. The molecule has 1 aromatic heterocycles. The lowest BCUT2D eigenvalue weighted by Crippen LogP contribution is -2.18. The van der Waals surface area contributed by atoms with E-state index in [0.29, 0.717) is 13.2 Å². The SMILES string of the molecule is COCCNCc1cnn(Cc2ccc(F)cc2Br)c1. The quantitative estimate of drug-likeness (QED) is 0.786. The van der Waals surface area contributed by atoms with Crippen molar-refractivity contribution in [3.8, 4) is 0 Å². The van der Waals surface area contributed by atoms with Crippen LogP contribution in [0.25, 0.3) is 0 Å². The highest BCUT2D eigenvalue weighted by Crippen LogP contribution is 2.19. The summed E-state index contributed by atoms with van der Waals surface area (Å²) in [6.07, 6.45) is 3.81. The molecule has 1 aromatic carbocycles. The Kier molecular flexibility index (Phi) is 5.70. The Bertz CT molecular complexity index is 559. The Labute approximate surface area is 126 Å². The fraction of sp³-hybridized carbons (Fsp3) is 0.357. The predicted octanol–water partition coefficient (Wildman–Crippen LogP) is 2.57. The van der Waals surface area contributed by atoms with Crippen LogP contribution in [-0.2, 0) is 17.8 Å². The van der Waals surface area contributed by atoms with E-state index in [4.69, 9.17) is 4.74 Å². The Morgan fingerprint density at radius 3 is 3.05 bits per heavy atom. The van der Waals surface area contributed by atoms with Crippen LogP contribution < -0.4 is 5.32 Å². The summed E-state index contributed by atoms with van der Waals surface area (Å²) >= 11 is 3.36. The summed E-state index contributed by atoms with van der Waals surface area (Å²) in [5.41, 5.74) is 2.10. The minimum atomic E-state index is -0.246. The van der Waals surface area contributed by atoms with Crippen LogP contribution in [0.5, 0.6) is 0 Å². The number of hydrogen-bond acceptors (Lipinski definition) is 3. The van der Waals surface area contributed by atoms with Crippen molar-refractivity contribution in [1.82, 2.24) is 15.1 Å². The van der Waals surface area contributed by atoms with Crippen LogP contribution in [0.4, 0.5) is 4.39 Å². The third-order valence-electron chi connectivity index (χ3n) is 2.85. The van der Waals surface area contributed by atoms with Crippen molar-refractivity contribution in [1.29, 1.82) is 0 Å². The molecule has 20 heavy (non-hydrogen) atoms. The lowest BCUT2D eigenvalue weighted by atomic mass is 10.2. The van der Waals surface area contributed by atoms with E-state index in [1.54, 1.807) is 13.2 Å². The highest BCUT2D eigenvalue weighted by atomic mass is 79.9. The maximum absolute atomic E-state index is 13.0. The molecular weight excluding hydrogens is 325 g/mol. The standard InChI is InChI=1S/C14H17BrFN3O/c1-20-5-4-17-7-11-8-18-19(9-11)10-12-2-3-13(16)6-14(12)15/h2-3,6,8-9,17H,4-5,7,10H2,1H3. The van der Waals surface area contributed by atoms with Gasteiger partial charge in [-0.05, 0) is 17.7 Å². The summed E-state index contributed by atoms with van der Waals surface area (Å²) in [5.74, 6) is -0.246. The molecule has 2 aromatic rings. The van der Waals surface area contributed by atoms with Gasteiger partial charge in [-0.3, -0.25) is 4.68 Å². The molecule has 0 aliphatic carbocycles. The first kappa shape index (κ1) is 15.2. The molecule has 0 radical (unpaired) electrons. The van der Waals surface area contributed by atoms with Gasteiger partial charge in [-0.15, -0.1) is 0 Å². The molecule has 0 aliphatic heterocycles. The molecule has 1 N–H and O–H groups in total. The Hall–Kier alpha value is -1.24. The molecule has 0 unspecified atom stereocenters. The predicted molar refractivity (Wildman–Crippen MR) is 79.0 cm³/mol. The van der Waals surface area contributed by atoms with Gasteiger partial charge in [0, 0.05) is 36.4 Å². The van der Waals surface area contributed by atoms with Crippen molar-refractivity contribution in [2.24, 2.45) is 0 Å². The molecule has 108 valence electrons. The van der Waals surface area contributed by atoms with E-state index in [2.05, 4.69) is 26.3 Å². The van der Waals surface area contributed by atoms with Gasteiger partial charge in [0.15, 0.2) is 0 Å². The highest BCUT2D eigenvalue weighted by molar-refractivity contribution is 9.10. The van der Waals surface area contributed by atoms with Gasteiger partial charge < -0.3 is 10.1 Å². The van der Waals surface area contributed by atoms with Crippen LogP contribution >= 0.6 is 15.9 Å². The number of rotatable bonds is 7. The largest absolute Gasteiger partial charge is 0.383 e. The first-order valence-corrected chi connectivity index (χ1v) is 7.13. The lowest BCUT2D eigenvalue weighted by Gasteiger charge is -2.05. The minimum Gasteiger partial charge on any atom is -0.383 e. The first-order valence-electron chi connectivity index (χ1n) is 6.34. The number of hydrogen-bond donors (Lipinski definition) is 1. The van der Waals surface area contributed by atoms with E-state index < -0.39 is 0 Å². The maximum Gasteiger partial charge on any atom is 0.124 e. The Morgan fingerprint density at radius 1 is 1.45 bits per heavy atom. The summed E-state index contributed by atoms with van der Waals surface area (Å²) in [5, 5.41) is 7.57. The molecule has 0 saturated heterocycles. The Balaban J connectivity index is 1.92. The third kappa shape index (κ3) is 4.40. The second-order valence-corrected chi connectivity index (χ2v) is 5.31. The smallest absolute Gasteiger partial charge is 0.124 e. The summed E-state index contributed by atoms with van der Waals surface area (Å²) in [6.45, 7) is 2.87. The van der Waals surface area contributed by atoms with Crippen molar-refractivity contribution in [3.63, 3.8) is 0 Å². The number of aromatic nitrogens is 2. The molecule has 0 aliphatic rings. The van der Waals surface area contributed by atoms with E-state index in [1.807, 2.05) is 17.1 Å². The van der Waals surface area contributed by atoms with Crippen LogP contribution in [0.3, 0.4) is 0 Å². The van der Waals surface area contributed by atoms with Crippen LogP contribution in [0.15, 0.2) is 35.1 Å². The summed E-state index contributed by atoms with van der Waals surface area (Å²) in [6, 6.07) is 4.68. The number of methoxy groups -OCH3 is 1. The number of benzene rings is 1. The molecule has 2 rings (SSSR count). The van der Waals surface area contributed by atoms with E-state index in [0.717, 1.165) is 28.7 Å². The molecule has 0 atom stereocenters. The zero-order valence-corrected chi connectivity index (χ0v) is 12.9. The summed E-state index contributed by atoms with van der Waals surface area (Å²) < 4.78 is 20.6. The van der Waals surface area contributed by atoms with Gasteiger partial charge in [0.1, 0.15) is 5.82 Å². The molecule has 4 nitrogen and oxygen atoms in total. The number of halogens is 2. The monoisotopic (exact) mass is 341 g/mol. The second-order valence-electron chi connectivity index (χ2n) is 4.45. The van der Waals surface area contributed by atoms with Gasteiger partial charge in [-0.1, -0.05) is 22.0 Å². The van der Waals surface area contributed by atoms with E-state index >= 15 is 0 Å². The van der Waals surface area contributed by atoms with Gasteiger partial charge in [-0.25, -0.2) is 4.39 Å². The van der Waals surface area contributed by atoms with Crippen molar-refractivity contribution in [3.05, 3.63) is 52.0 Å². The van der Waals surface area contributed by atoms with E-state index in [-0.39, 0.29) is 5.82 Å².